The molecular formula is C32H39Cl2N3O4S. The molecule has 42 heavy (non-hydrogen) atoms. The summed E-state index contributed by atoms with van der Waals surface area (Å²) in [5.41, 5.74) is 2.99. The van der Waals surface area contributed by atoms with Gasteiger partial charge in [0.1, 0.15) is 6.04 Å². The number of hydrogen-bond donors (Lipinski definition) is 1. The molecule has 0 unspecified atom stereocenters. The van der Waals surface area contributed by atoms with Crippen LogP contribution in [-0.4, -0.2) is 50.0 Å². The van der Waals surface area contributed by atoms with Crippen LogP contribution in [0.1, 0.15) is 49.8 Å². The highest BCUT2D eigenvalue weighted by molar-refractivity contribution is 7.92. The quantitative estimate of drug-likeness (QED) is 0.223. The van der Waals surface area contributed by atoms with Crippen molar-refractivity contribution in [2.75, 3.05) is 17.1 Å². The van der Waals surface area contributed by atoms with Crippen LogP contribution in [0.25, 0.3) is 0 Å². The molecular weight excluding hydrogens is 593 g/mol. The van der Waals surface area contributed by atoms with E-state index in [-0.39, 0.29) is 43.8 Å². The summed E-state index contributed by atoms with van der Waals surface area (Å²) < 4.78 is 26.7. The average molecular weight is 633 g/mol. The van der Waals surface area contributed by atoms with Crippen molar-refractivity contribution in [3.8, 4) is 0 Å². The summed E-state index contributed by atoms with van der Waals surface area (Å²) in [6.07, 6.45) is 2.51. The van der Waals surface area contributed by atoms with E-state index in [0.717, 1.165) is 29.4 Å². The van der Waals surface area contributed by atoms with Crippen LogP contribution in [0.3, 0.4) is 0 Å². The standard InChI is InChI=1S/C32H39Cl2N3O4S/c1-5-24(3)35-32(39)30(20-25-10-7-6-8-11-25)36(22-26-14-17-27(33)18-15-26)31(38)12-9-19-37(42(4,40)41)29-21-28(34)16-13-23(29)2/h6-8,10-11,13-18,21,24,30H,5,9,12,19-20,22H2,1-4H3,(H,35,39)/t24-,30+/m0/s1. The monoisotopic (exact) mass is 631 g/mol. The zero-order chi connectivity index (χ0) is 30.9. The zero-order valence-corrected chi connectivity index (χ0v) is 26.8. The predicted octanol–water partition coefficient (Wildman–Crippen LogP) is 6.40. The SMILES string of the molecule is CC[C@H](C)NC(=O)[C@@H](Cc1ccccc1)N(Cc1ccc(Cl)cc1)C(=O)CCCN(c1cc(Cl)ccc1C)S(C)(=O)=O. The number of amides is 2. The van der Waals surface area contributed by atoms with E-state index in [1.165, 1.54) is 4.31 Å². The summed E-state index contributed by atoms with van der Waals surface area (Å²) >= 11 is 12.3. The highest BCUT2D eigenvalue weighted by atomic mass is 35.5. The van der Waals surface area contributed by atoms with E-state index in [1.807, 2.05) is 63.2 Å². The highest BCUT2D eigenvalue weighted by Crippen LogP contribution is 2.27. The summed E-state index contributed by atoms with van der Waals surface area (Å²) in [7, 11) is -3.64. The number of sulfonamides is 1. The lowest BCUT2D eigenvalue weighted by atomic mass is 10.0. The minimum atomic E-state index is -3.64. The number of carbonyl (C=O) groups is 2. The first-order valence-electron chi connectivity index (χ1n) is 14.0. The van der Waals surface area contributed by atoms with Crippen LogP contribution in [0.4, 0.5) is 5.69 Å². The van der Waals surface area contributed by atoms with Gasteiger partial charge in [0.15, 0.2) is 0 Å². The van der Waals surface area contributed by atoms with Crippen LogP contribution >= 0.6 is 23.2 Å². The van der Waals surface area contributed by atoms with Crippen molar-refractivity contribution in [2.24, 2.45) is 0 Å². The van der Waals surface area contributed by atoms with Crippen molar-refractivity contribution in [1.29, 1.82) is 0 Å². The lowest BCUT2D eigenvalue weighted by molar-refractivity contribution is -0.141. The maximum Gasteiger partial charge on any atom is 0.243 e. The van der Waals surface area contributed by atoms with Crippen molar-refractivity contribution in [1.82, 2.24) is 10.2 Å². The molecule has 2 amide bonds. The molecule has 3 aromatic rings. The van der Waals surface area contributed by atoms with E-state index >= 15 is 0 Å². The Hall–Kier alpha value is -3.07. The highest BCUT2D eigenvalue weighted by Gasteiger charge is 2.31. The van der Waals surface area contributed by atoms with Crippen LogP contribution in [0.2, 0.25) is 10.0 Å². The fourth-order valence-electron chi connectivity index (χ4n) is 4.62. The van der Waals surface area contributed by atoms with E-state index < -0.39 is 16.1 Å². The Morgan fingerprint density at radius 3 is 2.19 bits per heavy atom. The normalized spacial score (nSPS) is 12.8. The summed E-state index contributed by atoms with van der Waals surface area (Å²) in [5, 5.41) is 4.05. The van der Waals surface area contributed by atoms with E-state index in [1.54, 1.807) is 35.2 Å². The smallest absolute Gasteiger partial charge is 0.243 e. The van der Waals surface area contributed by atoms with E-state index in [0.29, 0.717) is 22.2 Å². The Morgan fingerprint density at radius 1 is 0.929 bits per heavy atom. The molecule has 0 saturated carbocycles. The molecule has 0 aliphatic carbocycles. The summed E-state index contributed by atoms with van der Waals surface area (Å²) in [6, 6.07) is 21.0. The van der Waals surface area contributed by atoms with E-state index in [2.05, 4.69) is 5.32 Å². The number of aryl methyl sites for hydroxylation is 1. The Kier molecular flexibility index (Phi) is 12.3. The molecule has 10 heteroatoms. The predicted molar refractivity (Wildman–Crippen MR) is 171 cm³/mol. The molecule has 2 atom stereocenters. The molecule has 0 radical (unpaired) electrons. The average Bonchev–Trinajstić information content (AvgIpc) is 2.95. The van der Waals surface area contributed by atoms with Crippen molar-refractivity contribution in [2.45, 2.75) is 65.1 Å². The fourth-order valence-corrected chi connectivity index (χ4v) is 5.92. The molecule has 3 rings (SSSR count). The Balaban J connectivity index is 1.90. The second kappa shape index (κ2) is 15.4. The van der Waals surface area contributed by atoms with Gasteiger partial charge in [0.25, 0.3) is 0 Å². The number of anilines is 1. The van der Waals surface area contributed by atoms with Gasteiger partial charge in [0, 0.05) is 42.0 Å². The van der Waals surface area contributed by atoms with Gasteiger partial charge in [0.05, 0.1) is 11.9 Å². The number of carbonyl (C=O) groups excluding carboxylic acids is 2. The number of halogens is 2. The van der Waals surface area contributed by atoms with Crippen LogP contribution in [0.15, 0.2) is 72.8 Å². The van der Waals surface area contributed by atoms with Gasteiger partial charge < -0.3 is 10.2 Å². The van der Waals surface area contributed by atoms with Crippen molar-refractivity contribution in [3.05, 3.63) is 99.5 Å². The summed E-state index contributed by atoms with van der Waals surface area (Å²) in [6.45, 7) is 6.02. The maximum atomic E-state index is 13.9. The zero-order valence-electron chi connectivity index (χ0n) is 24.5. The van der Waals surface area contributed by atoms with Crippen molar-refractivity contribution >= 4 is 50.7 Å². The number of hydrogen-bond acceptors (Lipinski definition) is 4. The Bertz CT molecular complexity index is 1450. The lowest BCUT2D eigenvalue weighted by Crippen LogP contribution is -2.52. The largest absolute Gasteiger partial charge is 0.352 e. The molecule has 226 valence electrons. The number of rotatable bonds is 14. The van der Waals surface area contributed by atoms with Gasteiger partial charge in [-0.3, -0.25) is 13.9 Å². The molecule has 0 spiro atoms. The third-order valence-electron chi connectivity index (χ3n) is 7.13. The third-order valence-corrected chi connectivity index (χ3v) is 8.80. The topological polar surface area (TPSA) is 86.8 Å². The van der Waals surface area contributed by atoms with Gasteiger partial charge in [-0.05, 0) is 67.6 Å². The maximum absolute atomic E-state index is 13.9. The third kappa shape index (κ3) is 9.75. The first-order valence-corrected chi connectivity index (χ1v) is 16.6. The molecule has 1 N–H and O–H groups in total. The molecule has 3 aromatic carbocycles. The summed E-state index contributed by atoms with van der Waals surface area (Å²) in [5.74, 6) is -0.482. The van der Waals surface area contributed by atoms with Gasteiger partial charge in [-0.15, -0.1) is 0 Å². The molecule has 0 aliphatic heterocycles. The van der Waals surface area contributed by atoms with Crippen molar-refractivity contribution in [3.63, 3.8) is 0 Å². The van der Waals surface area contributed by atoms with Crippen LogP contribution < -0.4 is 9.62 Å². The van der Waals surface area contributed by atoms with Crippen LogP contribution in [-0.2, 0) is 32.6 Å². The van der Waals surface area contributed by atoms with Gasteiger partial charge in [-0.1, -0.05) is 78.7 Å². The molecule has 0 heterocycles. The molecule has 0 aliphatic rings. The lowest BCUT2D eigenvalue weighted by Gasteiger charge is -2.33. The van der Waals surface area contributed by atoms with Gasteiger partial charge in [-0.25, -0.2) is 8.42 Å². The van der Waals surface area contributed by atoms with Crippen molar-refractivity contribution < 1.29 is 18.0 Å². The minimum absolute atomic E-state index is 0.0428. The van der Waals surface area contributed by atoms with Gasteiger partial charge in [0.2, 0.25) is 21.8 Å². The second-order valence-corrected chi connectivity index (χ2v) is 13.3. The first-order chi connectivity index (χ1) is 19.9. The molecule has 0 bridgehead atoms. The summed E-state index contributed by atoms with van der Waals surface area (Å²) in [4.78, 5) is 29.2. The molecule has 0 saturated heterocycles. The first kappa shape index (κ1) is 33.4. The molecule has 0 aromatic heterocycles. The Labute approximate surface area is 259 Å². The van der Waals surface area contributed by atoms with Gasteiger partial charge >= 0.3 is 0 Å². The number of nitrogens with zero attached hydrogens (tertiary/aromatic N) is 2. The van der Waals surface area contributed by atoms with Crippen LogP contribution in [0, 0.1) is 6.92 Å². The molecule has 7 nitrogen and oxygen atoms in total. The fraction of sp³-hybridized carbons (Fsp3) is 0.375. The van der Waals surface area contributed by atoms with E-state index in [4.69, 9.17) is 23.2 Å². The minimum Gasteiger partial charge on any atom is -0.352 e. The Morgan fingerprint density at radius 2 is 1.57 bits per heavy atom. The van der Waals surface area contributed by atoms with E-state index in [9.17, 15) is 18.0 Å². The number of nitrogens with one attached hydrogen (secondary N) is 1. The van der Waals surface area contributed by atoms with Crippen LogP contribution in [0.5, 0.6) is 0 Å². The van der Waals surface area contributed by atoms with Gasteiger partial charge in [-0.2, -0.15) is 0 Å². The second-order valence-electron chi connectivity index (χ2n) is 10.5. The number of benzene rings is 3. The molecule has 0 fully saturated rings.